The quantitative estimate of drug-likeness (QED) is 0.545. The lowest BCUT2D eigenvalue weighted by molar-refractivity contribution is 0.589. The Morgan fingerprint density at radius 1 is 1.20 bits per heavy atom. The molecule has 106 valence electrons. The molecule has 0 saturated heterocycles. The van der Waals surface area contributed by atoms with Gasteiger partial charge in [-0.25, -0.2) is 0 Å². The summed E-state index contributed by atoms with van der Waals surface area (Å²) in [5.74, 6) is 0. The van der Waals surface area contributed by atoms with Crippen molar-refractivity contribution in [3.05, 3.63) is 78.7 Å². The number of rotatable bonds is 3. The first-order chi connectivity index (χ1) is 9.62. The van der Waals surface area contributed by atoms with Crippen molar-refractivity contribution in [2.24, 2.45) is 0 Å². The van der Waals surface area contributed by atoms with E-state index in [1.165, 1.54) is 0 Å². The summed E-state index contributed by atoms with van der Waals surface area (Å²) in [6.45, 7) is 7.27. The highest BCUT2D eigenvalue weighted by molar-refractivity contribution is 7.75. The molecule has 0 aliphatic heterocycles. The van der Waals surface area contributed by atoms with Crippen LogP contribution in [0, 0.1) is 0 Å². The van der Waals surface area contributed by atoms with E-state index in [1.807, 2.05) is 62.1 Å². The van der Waals surface area contributed by atoms with Crippen molar-refractivity contribution >= 4 is 12.4 Å². The Bertz CT molecular complexity index is 550. The molecule has 1 aliphatic rings. The van der Waals surface area contributed by atoms with Crippen LogP contribution in [0.4, 0.5) is 0 Å². The third-order valence-corrected chi connectivity index (χ3v) is 5.65. The van der Waals surface area contributed by atoms with Crippen molar-refractivity contribution in [2.75, 3.05) is 6.66 Å². The van der Waals surface area contributed by atoms with E-state index < -0.39 is 7.14 Å². The monoisotopic (exact) mass is 286 g/mol. The highest BCUT2D eigenvalue weighted by atomic mass is 31.2. The molecule has 0 N–H and O–H groups in total. The number of benzene rings is 1. The fraction of sp³-hybridized carbons (Fsp3) is 0.222. The SMILES string of the molecule is C=C/C=C\C.CP(=O)(C1=CCCC=C1)c1ccccc1. The van der Waals surface area contributed by atoms with Gasteiger partial charge in [0.1, 0.15) is 7.14 Å². The standard InChI is InChI=1S/C13H15OP.C5H8/c1-15(14,12-8-4-2-5-9-12)13-10-6-3-7-11-13;1-3-5-4-2/h2,4-6,8-11H,3,7H2,1H3;3-5H,1H2,2H3/b;5-4-. The minimum atomic E-state index is -2.35. The predicted molar refractivity (Wildman–Crippen MR) is 91.1 cm³/mol. The molecule has 1 atom stereocenters. The Balaban J connectivity index is 0.000000347. The van der Waals surface area contributed by atoms with Crippen LogP contribution in [0.3, 0.4) is 0 Å². The van der Waals surface area contributed by atoms with Crippen LogP contribution < -0.4 is 5.30 Å². The largest absolute Gasteiger partial charge is 0.314 e. The maximum absolute atomic E-state index is 12.7. The zero-order valence-corrected chi connectivity index (χ0v) is 13.2. The molecule has 1 aromatic rings. The van der Waals surface area contributed by atoms with Crippen molar-refractivity contribution in [3.8, 4) is 0 Å². The summed E-state index contributed by atoms with van der Waals surface area (Å²) in [5.41, 5.74) is 0. The van der Waals surface area contributed by atoms with Crippen LogP contribution in [-0.2, 0) is 4.57 Å². The van der Waals surface area contributed by atoms with Crippen LogP contribution in [0.25, 0.3) is 0 Å². The van der Waals surface area contributed by atoms with Gasteiger partial charge in [0.25, 0.3) is 0 Å². The maximum atomic E-state index is 12.7. The van der Waals surface area contributed by atoms with Gasteiger partial charge in [-0.2, -0.15) is 0 Å². The van der Waals surface area contributed by atoms with E-state index in [0.717, 1.165) is 23.5 Å². The van der Waals surface area contributed by atoms with Gasteiger partial charge in [-0.3, -0.25) is 0 Å². The topological polar surface area (TPSA) is 17.1 Å². The zero-order chi connectivity index (χ0) is 14.8. The fourth-order valence-electron chi connectivity index (χ4n) is 1.91. The minimum absolute atomic E-state index is 0.947. The lowest BCUT2D eigenvalue weighted by atomic mass is 10.2. The van der Waals surface area contributed by atoms with Gasteiger partial charge in [0.05, 0.1) is 0 Å². The van der Waals surface area contributed by atoms with E-state index >= 15 is 0 Å². The average Bonchev–Trinajstić information content (AvgIpc) is 2.50. The molecule has 2 rings (SSSR count). The molecule has 0 bridgehead atoms. The Kier molecular flexibility index (Phi) is 7.04. The van der Waals surface area contributed by atoms with Gasteiger partial charge < -0.3 is 4.57 Å². The Hall–Kier alpha value is -1.59. The fourth-order valence-corrected chi connectivity index (χ4v) is 3.82. The van der Waals surface area contributed by atoms with E-state index in [2.05, 4.69) is 18.7 Å². The molecule has 0 aromatic heterocycles. The molecule has 0 fully saturated rings. The Morgan fingerprint density at radius 2 is 1.90 bits per heavy atom. The van der Waals surface area contributed by atoms with E-state index in [4.69, 9.17) is 0 Å². The molecule has 1 nitrogen and oxygen atoms in total. The van der Waals surface area contributed by atoms with Crippen molar-refractivity contribution in [1.82, 2.24) is 0 Å². The maximum Gasteiger partial charge on any atom is 0.140 e. The summed E-state index contributed by atoms with van der Waals surface area (Å²) in [7, 11) is -2.35. The van der Waals surface area contributed by atoms with Gasteiger partial charge in [-0.1, -0.05) is 73.4 Å². The number of hydrogen-bond donors (Lipinski definition) is 0. The van der Waals surface area contributed by atoms with Gasteiger partial charge in [-0.05, 0) is 26.4 Å². The van der Waals surface area contributed by atoms with Gasteiger partial charge >= 0.3 is 0 Å². The minimum Gasteiger partial charge on any atom is -0.314 e. The molecule has 0 spiro atoms. The Labute approximate surface area is 122 Å². The van der Waals surface area contributed by atoms with Crippen molar-refractivity contribution in [2.45, 2.75) is 19.8 Å². The molecule has 0 heterocycles. The molecule has 2 heteroatoms. The summed E-state index contributed by atoms with van der Waals surface area (Å²) in [6.07, 6.45) is 13.9. The first-order valence-corrected chi connectivity index (χ1v) is 9.02. The summed E-state index contributed by atoms with van der Waals surface area (Å²) in [6, 6.07) is 9.74. The van der Waals surface area contributed by atoms with E-state index in [0.29, 0.717) is 0 Å². The molecule has 0 amide bonds. The predicted octanol–water partition coefficient (Wildman–Crippen LogP) is 5.29. The molecular weight excluding hydrogens is 263 g/mol. The van der Waals surface area contributed by atoms with E-state index in [-0.39, 0.29) is 0 Å². The van der Waals surface area contributed by atoms with Crippen LogP contribution in [0.15, 0.2) is 78.7 Å². The normalized spacial score (nSPS) is 16.8. The first-order valence-electron chi connectivity index (χ1n) is 6.87. The molecule has 0 saturated carbocycles. The van der Waals surface area contributed by atoms with Gasteiger partial charge in [0.15, 0.2) is 0 Å². The summed E-state index contributed by atoms with van der Waals surface area (Å²) in [5, 5.41) is 1.95. The highest BCUT2D eigenvalue weighted by Gasteiger charge is 2.22. The van der Waals surface area contributed by atoms with Crippen molar-refractivity contribution in [3.63, 3.8) is 0 Å². The highest BCUT2D eigenvalue weighted by Crippen LogP contribution is 2.50. The second-order valence-electron chi connectivity index (χ2n) is 4.63. The zero-order valence-electron chi connectivity index (χ0n) is 12.3. The van der Waals surface area contributed by atoms with Gasteiger partial charge in [0, 0.05) is 10.6 Å². The second kappa shape index (κ2) is 8.55. The van der Waals surface area contributed by atoms with E-state index in [1.54, 1.807) is 6.08 Å². The van der Waals surface area contributed by atoms with Crippen molar-refractivity contribution in [1.29, 1.82) is 0 Å². The number of allylic oxidation sites excluding steroid dienone is 7. The lowest BCUT2D eigenvalue weighted by Crippen LogP contribution is -2.04. The van der Waals surface area contributed by atoms with Crippen LogP contribution in [-0.4, -0.2) is 6.66 Å². The summed E-state index contributed by atoms with van der Waals surface area (Å²) < 4.78 is 12.7. The lowest BCUT2D eigenvalue weighted by Gasteiger charge is -2.16. The van der Waals surface area contributed by atoms with Crippen LogP contribution in [0.5, 0.6) is 0 Å². The molecular formula is C18H23OP. The van der Waals surface area contributed by atoms with Crippen LogP contribution in [0.1, 0.15) is 19.8 Å². The smallest absolute Gasteiger partial charge is 0.140 e. The number of hydrogen-bond acceptors (Lipinski definition) is 1. The molecule has 0 radical (unpaired) electrons. The molecule has 1 aromatic carbocycles. The third-order valence-electron chi connectivity index (χ3n) is 3.05. The van der Waals surface area contributed by atoms with Gasteiger partial charge in [-0.15, -0.1) is 0 Å². The van der Waals surface area contributed by atoms with Crippen molar-refractivity contribution < 1.29 is 4.57 Å². The summed E-state index contributed by atoms with van der Waals surface area (Å²) in [4.78, 5) is 0. The van der Waals surface area contributed by atoms with E-state index in [9.17, 15) is 4.57 Å². The second-order valence-corrected chi connectivity index (χ2v) is 7.51. The van der Waals surface area contributed by atoms with Crippen LogP contribution in [0.2, 0.25) is 0 Å². The Morgan fingerprint density at radius 3 is 2.35 bits per heavy atom. The average molecular weight is 286 g/mol. The molecule has 20 heavy (non-hydrogen) atoms. The molecule has 1 unspecified atom stereocenters. The first kappa shape index (κ1) is 16.5. The summed E-state index contributed by atoms with van der Waals surface area (Å²) >= 11 is 0. The molecule has 1 aliphatic carbocycles. The van der Waals surface area contributed by atoms with Crippen LogP contribution >= 0.6 is 7.14 Å². The third kappa shape index (κ3) is 4.83. The van der Waals surface area contributed by atoms with Gasteiger partial charge in [0.2, 0.25) is 0 Å².